The minimum atomic E-state index is -0.446. The number of phenolic OH excluding ortho intramolecular Hbond substituents is 1. The van der Waals surface area contributed by atoms with Crippen molar-refractivity contribution in [3.8, 4) is 5.75 Å². The molecule has 2 heterocycles. The van der Waals surface area contributed by atoms with Crippen molar-refractivity contribution in [3.05, 3.63) is 46.0 Å². The molecule has 0 saturated heterocycles. The number of carbonyl (C=O) groups excluding carboxylic acids is 1. The van der Waals surface area contributed by atoms with Gasteiger partial charge in [0.1, 0.15) is 12.3 Å². The van der Waals surface area contributed by atoms with Gasteiger partial charge in [-0.05, 0) is 37.1 Å². The molecule has 0 fully saturated rings. The van der Waals surface area contributed by atoms with Crippen LogP contribution in [0.25, 0.3) is 11.2 Å². The van der Waals surface area contributed by atoms with Crippen molar-refractivity contribution in [1.82, 2.24) is 24.8 Å². The molecule has 5 N–H and O–H groups in total. The van der Waals surface area contributed by atoms with Gasteiger partial charge in [-0.25, -0.2) is 4.98 Å². The van der Waals surface area contributed by atoms with Crippen molar-refractivity contribution >= 4 is 23.0 Å². The van der Waals surface area contributed by atoms with Gasteiger partial charge in [-0.2, -0.15) is 4.98 Å². The molecule has 3 aromatic rings. The number of nitrogens with one attached hydrogen (secondary N) is 2. The van der Waals surface area contributed by atoms with Crippen LogP contribution in [0.5, 0.6) is 5.75 Å². The molecule has 0 saturated carbocycles. The molecule has 2 aromatic heterocycles. The van der Waals surface area contributed by atoms with E-state index in [9.17, 15) is 14.7 Å². The molecule has 0 aliphatic rings. The number of benzene rings is 1. The Kier molecular flexibility index (Phi) is 6.53. The maximum Gasteiger partial charge on any atom is 0.280 e. The number of phenols is 1. The molecule has 3 rings (SSSR count). The molecule has 2 atom stereocenters. The van der Waals surface area contributed by atoms with Crippen LogP contribution in [0.2, 0.25) is 0 Å². The number of H-pyrrole nitrogens is 1. The number of aromatic hydroxyl groups is 1. The number of nitrogens with zero attached hydrogens (tertiary/aromatic N) is 3. The molecular formula is C18H22N6O3V. The van der Waals surface area contributed by atoms with E-state index in [-0.39, 0.29) is 65.8 Å². The van der Waals surface area contributed by atoms with Gasteiger partial charge < -0.3 is 20.7 Å². The first-order chi connectivity index (χ1) is 12.7. The summed E-state index contributed by atoms with van der Waals surface area (Å²) < 4.78 is 1.48. The third kappa shape index (κ3) is 4.55. The molecule has 1 radical (unpaired) electrons. The van der Waals surface area contributed by atoms with E-state index in [1.165, 1.54) is 10.9 Å². The summed E-state index contributed by atoms with van der Waals surface area (Å²) >= 11 is 0. The Hall–Kier alpha value is -2.78. The second-order valence-electron chi connectivity index (χ2n) is 6.74. The summed E-state index contributed by atoms with van der Waals surface area (Å²) in [6, 6.07) is 5.19. The number of nitrogens with two attached hydrogens (primary N) is 1. The van der Waals surface area contributed by atoms with Crippen LogP contribution in [0.1, 0.15) is 30.9 Å². The smallest absolute Gasteiger partial charge is 0.280 e. The third-order valence-corrected chi connectivity index (χ3v) is 4.56. The molecule has 1 amide bonds. The van der Waals surface area contributed by atoms with Gasteiger partial charge in [-0.1, -0.05) is 13.0 Å². The Bertz CT molecular complexity index is 1040. The summed E-state index contributed by atoms with van der Waals surface area (Å²) in [5.74, 6) is -0.0767. The van der Waals surface area contributed by atoms with E-state index in [1.54, 1.807) is 12.1 Å². The fraction of sp³-hybridized carbons (Fsp3) is 0.333. The quantitative estimate of drug-likeness (QED) is 0.485. The fourth-order valence-corrected chi connectivity index (χ4v) is 3.01. The Morgan fingerprint density at radius 3 is 2.75 bits per heavy atom. The van der Waals surface area contributed by atoms with Crippen molar-refractivity contribution in [3.63, 3.8) is 0 Å². The number of rotatable bonds is 5. The molecule has 0 aliphatic heterocycles. The van der Waals surface area contributed by atoms with Gasteiger partial charge in [0.15, 0.2) is 11.2 Å². The maximum absolute atomic E-state index is 12.4. The number of hydrogen-bond donors (Lipinski definition) is 4. The number of carbonyl (C=O) groups is 1. The van der Waals surface area contributed by atoms with E-state index in [0.717, 1.165) is 11.1 Å². The van der Waals surface area contributed by atoms with Crippen molar-refractivity contribution in [2.45, 2.75) is 39.3 Å². The fourth-order valence-electron chi connectivity index (χ4n) is 3.01. The summed E-state index contributed by atoms with van der Waals surface area (Å²) in [7, 11) is 0. The summed E-state index contributed by atoms with van der Waals surface area (Å²) in [4.78, 5) is 34.7. The zero-order chi connectivity index (χ0) is 19.7. The van der Waals surface area contributed by atoms with Crippen LogP contribution in [0, 0.1) is 6.92 Å². The van der Waals surface area contributed by atoms with Gasteiger partial charge in [0.05, 0.1) is 6.33 Å². The molecule has 0 spiro atoms. The van der Waals surface area contributed by atoms with E-state index in [1.807, 2.05) is 26.8 Å². The Morgan fingerprint density at radius 2 is 2.07 bits per heavy atom. The summed E-state index contributed by atoms with van der Waals surface area (Å²) in [5.41, 5.74) is 7.40. The minimum Gasteiger partial charge on any atom is -0.508 e. The van der Waals surface area contributed by atoms with Gasteiger partial charge in [0, 0.05) is 30.5 Å². The number of imidazole rings is 1. The molecule has 0 bridgehead atoms. The van der Waals surface area contributed by atoms with Crippen molar-refractivity contribution in [1.29, 1.82) is 0 Å². The minimum absolute atomic E-state index is 0. The van der Waals surface area contributed by atoms with E-state index >= 15 is 0 Å². The number of aromatic amines is 1. The van der Waals surface area contributed by atoms with Crippen LogP contribution in [0.3, 0.4) is 0 Å². The number of amides is 1. The number of fused-ring (bicyclic) bond motifs is 1. The number of anilines is 1. The van der Waals surface area contributed by atoms with Crippen molar-refractivity contribution < 1.29 is 28.5 Å². The van der Waals surface area contributed by atoms with Gasteiger partial charge >= 0.3 is 0 Å². The SMILES string of the molecule is Cc1cc(O)cc(C(C)C(C)NC(=O)Cn2cnc3c(=O)[nH]c(N)nc32)c1.[V]. The topological polar surface area (TPSA) is 139 Å². The Balaban J connectivity index is 0.00000280. The standard InChI is InChI=1S/C18H22N6O3.V/c1-9-4-12(6-13(25)5-9)10(2)11(3)21-14(26)7-24-8-20-15-16(24)22-18(19)23-17(15)27;/h4-6,8,10-11,25H,7H2,1-3H3,(H,21,26)(H3,19,22,23,27);. The first-order valence-electron chi connectivity index (χ1n) is 8.55. The van der Waals surface area contributed by atoms with Crippen LogP contribution in [-0.2, 0) is 29.9 Å². The van der Waals surface area contributed by atoms with Crippen molar-refractivity contribution in [2.24, 2.45) is 0 Å². The molecule has 28 heavy (non-hydrogen) atoms. The first kappa shape index (κ1) is 21.5. The van der Waals surface area contributed by atoms with E-state index in [4.69, 9.17) is 5.73 Å². The predicted molar refractivity (Wildman–Crippen MR) is 101 cm³/mol. The van der Waals surface area contributed by atoms with Gasteiger partial charge in [-0.3, -0.25) is 14.6 Å². The maximum atomic E-state index is 12.4. The first-order valence-corrected chi connectivity index (χ1v) is 8.55. The second kappa shape index (κ2) is 8.49. The molecule has 9 nitrogen and oxygen atoms in total. The normalized spacial score (nSPS) is 13.0. The average molecular weight is 421 g/mol. The van der Waals surface area contributed by atoms with Crippen molar-refractivity contribution in [2.75, 3.05) is 5.73 Å². The average Bonchev–Trinajstić information content (AvgIpc) is 2.96. The summed E-state index contributed by atoms with van der Waals surface area (Å²) in [6.45, 7) is 5.74. The van der Waals surface area contributed by atoms with E-state index in [2.05, 4.69) is 20.3 Å². The van der Waals surface area contributed by atoms with Crippen LogP contribution >= 0.6 is 0 Å². The van der Waals surface area contributed by atoms with E-state index < -0.39 is 5.56 Å². The van der Waals surface area contributed by atoms with Crippen LogP contribution < -0.4 is 16.6 Å². The molecule has 147 valence electrons. The third-order valence-electron chi connectivity index (χ3n) is 4.56. The largest absolute Gasteiger partial charge is 0.508 e. The van der Waals surface area contributed by atoms with Gasteiger partial charge in [0.2, 0.25) is 11.9 Å². The Morgan fingerprint density at radius 1 is 1.36 bits per heavy atom. The zero-order valence-electron chi connectivity index (χ0n) is 15.8. The van der Waals surface area contributed by atoms with E-state index in [0.29, 0.717) is 0 Å². The van der Waals surface area contributed by atoms with Gasteiger partial charge in [0.25, 0.3) is 5.56 Å². The number of aryl methyl sites for hydroxylation is 1. The monoisotopic (exact) mass is 421 g/mol. The molecule has 10 heteroatoms. The number of nitrogen functional groups attached to an aromatic ring is 1. The van der Waals surface area contributed by atoms with Crippen LogP contribution in [-0.4, -0.2) is 36.6 Å². The predicted octanol–water partition coefficient (Wildman–Crippen LogP) is 1.02. The Labute approximate surface area is 173 Å². The molecule has 1 aromatic carbocycles. The number of hydrogen-bond acceptors (Lipinski definition) is 6. The second-order valence-corrected chi connectivity index (χ2v) is 6.74. The molecular weight excluding hydrogens is 399 g/mol. The summed E-state index contributed by atoms with van der Waals surface area (Å²) in [5, 5.41) is 12.7. The van der Waals surface area contributed by atoms with Gasteiger partial charge in [-0.15, -0.1) is 0 Å². The van der Waals surface area contributed by atoms with Crippen LogP contribution in [0.4, 0.5) is 5.95 Å². The van der Waals surface area contributed by atoms with Crippen LogP contribution in [0.15, 0.2) is 29.3 Å². The molecule has 0 aliphatic carbocycles. The summed E-state index contributed by atoms with van der Waals surface area (Å²) in [6.07, 6.45) is 1.39. The molecule has 2 unspecified atom stereocenters. The zero-order valence-corrected chi connectivity index (χ0v) is 17.2. The number of aromatic nitrogens is 4.